The highest BCUT2D eigenvalue weighted by Crippen LogP contribution is 2.21. The van der Waals surface area contributed by atoms with Crippen molar-refractivity contribution in [3.05, 3.63) is 34.9 Å². The quantitative estimate of drug-likeness (QED) is 0.782. The van der Waals surface area contributed by atoms with Crippen molar-refractivity contribution in [3.8, 4) is 0 Å². The number of likely N-dealkylation sites (tertiary alicyclic amines) is 1. The third kappa shape index (κ3) is 3.23. The fraction of sp³-hybridized carbons (Fsp3) is 0.462. The summed E-state index contributed by atoms with van der Waals surface area (Å²) >= 11 is 9.53. The number of hydrogen-bond donors (Lipinski definition) is 0. The second-order valence-corrected chi connectivity index (χ2v) is 5.46. The van der Waals surface area contributed by atoms with Gasteiger partial charge in [-0.25, -0.2) is 0 Å². The fourth-order valence-electron chi connectivity index (χ4n) is 2.13. The Morgan fingerprint density at radius 1 is 1.41 bits per heavy atom. The number of carbonyl (C=O) groups excluding carboxylic acids is 1. The number of halogens is 2. The minimum Gasteiger partial charge on any atom is -0.342 e. The molecule has 1 aromatic carbocycles. The Labute approximate surface area is 115 Å². The number of carbonyl (C=O) groups is 1. The van der Waals surface area contributed by atoms with E-state index >= 15 is 0 Å². The van der Waals surface area contributed by atoms with E-state index in [0.29, 0.717) is 12.3 Å². The molecule has 0 radical (unpaired) electrons. The summed E-state index contributed by atoms with van der Waals surface area (Å²) in [6.45, 7) is 1.64. The van der Waals surface area contributed by atoms with Crippen molar-refractivity contribution >= 4 is 33.4 Å². The second-order valence-electron chi connectivity index (χ2n) is 4.41. The van der Waals surface area contributed by atoms with Gasteiger partial charge in [-0.05, 0) is 24.0 Å². The summed E-state index contributed by atoms with van der Waals surface area (Å²) < 4.78 is 0. The summed E-state index contributed by atoms with van der Waals surface area (Å²) in [4.78, 5) is 13.7. The third-order valence-electron chi connectivity index (χ3n) is 3.12. The Hall–Kier alpha value is -0.540. The van der Waals surface area contributed by atoms with Crippen LogP contribution in [0.1, 0.15) is 12.0 Å². The van der Waals surface area contributed by atoms with E-state index in [-0.39, 0.29) is 5.91 Å². The average molecular weight is 317 g/mol. The first-order chi connectivity index (χ1) is 8.20. The summed E-state index contributed by atoms with van der Waals surface area (Å²) in [7, 11) is 0. The minimum absolute atomic E-state index is 0.265. The molecule has 0 aromatic heterocycles. The van der Waals surface area contributed by atoms with Gasteiger partial charge in [-0.3, -0.25) is 4.79 Å². The van der Waals surface area contributed by atoms with Gasteiger partial charge in [-0.15, -0.1) is 0 Å². The van der Waals surface area contributed by atoms with Crippen LogP contribution >= 0.6 is 27.5 Å². The molecule has 2 rings (SSSR count). The van der Waals surface area contributed by atoms with Crippen LogP contribution in [0.15, 0.2) is 24.3 Å². The number of nitrogens with zero attached hydrogens (tertiary/aromatic N) is 1. The molecule has 1 saturated heterocycles. The fourth-order valence-corrected chi connectivity index (χ4v) is 2.79. The predicted octanol–water partition coefficient (Wildman–Crippen LogP) is 3.13. The molecule has 1 aliphatic rings. The molecular weight excluding hydrogens is 302 g/mol. The Morgan fingerprint density at radius 2 is 2.18 bits per heavy atom. The van der Waals surface area contributed by atoms with Crippen LogP contribution in [0.4, 0.5) is 0 Å². The zero-order valence-corrected chi connectivity index (χ0v) is 11.9. The Kier molecular flexibility index (Phi) is 4.46. The molecule has 1 fully saturated rings. The van der Waals surface area contributed by atoms with Gasteiger partial charge in [0.2, 0.25) is 5.91 Å². The van der Waals surface area contributed by atoms with E-state index < -0.39 is 0 Å². The summed E-state index contributed by atoms with van der Waals surface area (Å²) in [5.41, 5.74) is 1.12. The maximum absolute atomic E-state index is 11.7. The molecule has 1 heterocycles. The molecule has 4 heteroatoms. The van der Waals surface area contributed by atoms with Gasteiger partial charge in [0.05, 0.1) is 0 Å². The molecule has 0 N–H and O–H groups in total. The maximum atomic E-state index is 11.7. The summed E-state index contributed by atoms with van der Waals surface area (Å²) in [6.07, 6.45) is 1.51. The lowest BCUT2D eigenvalue weighted by molar-refractivity contribution is -0.127. The number of rotatable bonds is 4. The molecule has 2 nitrogen and oxygen atoms in total. The number of amides is 1. The molecule has 0 bridgehead atoms. The van der Waals surface area contributed by atoms with Crippen molar-refractivity contribution < 1.29 is 4.79 Å². The number of alkyl halides is 1. The van der Waals surface area contributed by atoms with Gasteiger partial charge in [0.1, 0.15) is 0 Å². The lowest BCUT2D eigenvalue weighted by Crippen LogP contribution is -2.27. The molecule has 0 saturated carbocycles. The van der Waals surface area contributed by atoms with E-state index in [9.17, 15) is 4.79 Å². The van der Waals surface area contributed by atoms with Gasteiger partial charge in [0.15, 0.2) is 0 Å². The van der Waals surface area contributed by atoms with E-state index in [1.807, 2.05) is 29.2 Å². The molecule has 17 heavy (non-hydrogen) atoms. The van der Waals surface area contributed by atoms with Crippen molar-refractivity contribution in [2.75, 3.05) is 18.4 Å². The number of hydrogen-bond acceptors (Lipinski definition) is 1. The normalized spacial score (nSPS) is 20.0. The van der Waals surface area contributed by atoms with Crippen LogP contribution in [-0.2, 0) is 11.2 Å². The summed E-state index contributed by atoms with van der Waals surface area (Å²) in [5, 5.41) is 1.69. The van der Waals surface area contributed by atoms with Gasteiger partial charge in [0, 0.05) is 29.9 Å². The largest absolute Gasteiger partial charge is 0.342 e. The maximum Gasteiger partial charge on any atom is 0.222 e. The van der Waals surface area contributed by atoms with Crippen LogP contribution in [0.25, 0.3) is 0 Å². The highest BCUT2D eigenvalue weighted by atomic mass is 79.9. The van der Waals surface area contributed by atoms with Crippen LogP contribution in [0.3, 0.4) is 0 Å². The highest BCUT2D eigenvalue weighted by Gasteiger charge is 2.28. The van der Waals surface area contributed by atoms with Crippen molar-refractivity contribution in [1.82, 2.24) is 4.90 Å². The third-order valence-corrected chi connectivity index (χ3v) is 4.41. The Bertz CT molecular complexity index is 410. The van der Waals surface area contributed by atoms with E-state index in [2.05, 4.69) is 15.9 Å². The molecule has 0 aliphatic carbocycles. The SMILES string of the molecule is O=C1CC(CBr)CN1CCc1ccccc1Cl. The minimum atomic E-state index is 0.265. The van der Waals surface area contributed by atoms with Crippen LogP contribution in [0.5, 0.6) is 0 Å². The Balaban J connectivity index is 1.91. The topological polar surface area (TPSA) is 20.3 Å². The van der Waals surface area contributed by atoms with Gasteiger partial charge in [-0.2, -0.15) is 0 Å². The van der Waals surface area contributed by atoms with Crippen molar-refractivity contribution in [1.29, 1.82) is 0 Å². The van der Waals surface area contributed by atoms with Crippen molar-refractivity contribution in [3.63, 3.8) is 0 Å². The average Bonchev–Trinajstić information content (AvgIpc) is 2.69. The zero-order valence-electron chi connectivity index (χ0n) is 9.53. The monoisotopic (exact) mass is 315 g/mol. The van der Waals surface area contributed by atoms with Gasteiger partial charge >= 0.3 is 0 Å². The molecule has 92 valence electrons. The lowest BCUT2D eigenvalue weighted by atomic mass is 10.1. The first-order valence-electron chi connectivity index (χ1n) is 5.78. The lowest BCUT2D eigenvalue weighted by Gasteiger charge is -2.16. The second kappa shape index (κ2) is 5.87. The van der Waals surface area contributed by atoms with Crippen LogP contribution in [0, 0.1) is 5.92 Å². The molecule has 0 spiro atoms. The standard InChI is InChI=1S/C13H15BrClNO/c14-8-10-7-13(17)16(9-10)6-5-11-3-1-2-4-12(11)15/h1-4,10H,5-9H2. The first-order valence-corrected chi connectivity index (χ1v) is 7.28. The van der Waals surface area contributed by atoms with Gasteiger partial charge in [-0.1, -0.05) is 45.7 Å². The van der Waals surface area contributed by atoms with Crippen molar-refractivity contribution in [2.45, 2.75) is 12.8 Å². The molecule has 1 amide bonds. The van der Waals surface area contributed by atoms with Gasteiger partial charge in [0.25, 0.3) is 0 Å². The van der Waals surface area contributed by atoms with Crippen molar-refractivity contribution in [2.24, 2.45) is 5.92 Å². The van der Waals surface area contributed by atoms with E-state index in [1.165, 1.54) is 0 Å². The van der Waals surface area contributed by atoms with E-state index in [1.54, 1.807) is 0 Å². The van der Waals surface area contributed by atoms with Crippen LogP contribution < -0.4 is 0 Å². The Morgan fingerprint density at radius 3 is 2.82 bits per heavy atom. The molecule has 1 aliphatic heterocycles. The van der Waals surface area contributed by atoms with Gasteiger partial charge < -0.3 is 4.90 Å². The predicted molar refractivity (Wildman–Crippen MR) is 73.6 cm³/mol. The first kappa shape index (κ1) is 12.9. The van der Waals surface area contributed by atoms with E-state index in [4.69, 9.17) is 11.6 Å². The molecule has 1 unspecified atom stereocenters. The van der Waals surface area contributed by atoms with E-state index in [0.717, 1.165) is 35.4 Å². The highest BCUT2D eigenvalue weighted by molar-refractivity contribution is 9.09. The summed E-state index contributed by atoms with van der Waals surface area (Å²) in [6, 6.07) is 7.82. The smallest absolute Gasteiger partial charge is 0.222 e. The number of benzene rings is 1. The zero-order chi connectivity index (χ0) is 12.3. The molecule has 1 atom stereocenters. The molecule has 1 aromatic rings. The summed E-state index contributed by atoms with van der Waals surface area (Å²) in [5.74, 6) is 0.732. The van der Waals surface area contributed by atoms with Crippen LogP contribution in [-0.4, -0.2) is 29.2 Å². The molecular formula is C13H15BrClNO. The van der Waals surface area contributed by atoms with Crippen LogP contribution in [0.2, 0.25) is 5.02 Å².